The minimum Gasteiger partial charge on any atom is -0.339 e. The number of anilines is 1. The van der Waals surface area contributed by atoms with E-state index in [1.807, 2.05) is 4.90 Å². The summed E-state index contributed by atoms with van der Waals surface area (Å²) in [6.45, 7) is 7.09. The van der Waals surface area contributed by atoms with Gasteiger partial charge in [0.1, 0.15) is 0 Å². The molecule has 1 rings (SSSR count). The molecule has 1 N–H and O–H groups in total. The summed E-state index contributed by atoms with van der Waals surface area (Å²) in [5.41, 5.74) is 1.28. The number of amides is 2. The zero-order valence-electron chi connectivity index (χ0n) is 11.9. The van der Waals surface area contributed by atoms with Crippen LogP contribution < -0.4 is 5.32 Å². The summed E-state index contributed by atoms with van der Waals surface area (Å²) in [5, 5.41) is 2.69. The monoisotopic (exact) mass is 262 g/mol. The van der Waals surface area contributed by atoms with Gasteiger partial charge in [0, 0.05) is 31.3 Å². The van der Waals surface area contributed by atoms with Crippen LogP contribution in [0.2, 0.25) is 0 Å². The average Bonchev–Trinajstić information content (AvgIpc) is 2.37. The van der Waals surface area contributed by atoms with Crippen LogP contribution >= 0.6 is 0 Å². The number of hydrogen-bond donors (Lipinski definition) is 1. The van der Waals surface area contributed by atoms with Crippen LogP contribution in [-0.2, 0) is 4.79 Å². The Labute approximate surface area is 114 Å². The van der Waals surface area contributed by atoms with E-state index < -0.39 is 0 Å². The third kappa shape index (κ3) is 4.73. The number of nitrogens with one attached hydrogen (secondary N) is 1. The molecule has 0 atom stereocenters. The third-order valence-corrected chi connectivity index (χ3v) is 2.70. The minimum atomic E-state index is -0.136. The molecule has 0 bridgehead atoms. The van der Waals surface area contributed by atoms with E-state index in [2.05, 4.69) is 19.2 Å². The van der Waals surface area contributed by atoms with Gasteiger partial charge in [0.25, 0.3) is 5.91 Å². The number of rotatable bonds is 6. The maximum absolute atomic E-state index is 12.4. The molecular weight excluding hydrogens is 240 g/mol. The first-order valence-electron chi connectivity index (χ1n) is 6.75. The molecule has 0 unspecified atom stereocenters. The molecule has 0 radical (unpaired) electrons. The highest BCUT2D eigenvalue weighted by Crippen LogP contribution is 2.13. The lowest BCUT2D eigenvalue weighted by atomic mass is 10.1. The highest BCUT2D eigenvalue weighted by Gasteiger charge is 2.14. The van der Waals surface area contributed by atoms with E-state index >= 15 is 0 Å². The molecule has 0 heterocycles. The van der Waals surface area contributed by atoms with Crippen molar-refractivity contribution >= 4 is 17.5 Å². The second kappa shape index (κ2) is 7.56. The number of hydrogen-bond acceptors (Lipinski definition) is 2. The van der Waals surface area contributed by atoms with Crippen molar-refractivity contribution in [2.45, 2.75) is 33.6 Å². The molecule has 0 aliphatic carbocycles. The molecule has 1 aromatic carbocycles. The second-order valence-corrected chi connectivity index (χ2v) is 4.55. The fourth-order valence-electron chi connectivity index (χ4n) is 1.97. The SMILES string of the molecule is CCCN(CCC)C(=O)c1cccc(NC(C)=O)c1. The van der Waals surface area contributed by atoms with Gasteiger partial charge >= 0.3 is 0 Å². The van der Waals surface area contributed by atoms with Gasteiger partial charge in [-0.2, -0.15) is 0 Å². The van der Waals surface area contributed by atoms with E-state index in [4.69, 9.17) is 0 Å². The van der Waals surface area contributed by atoms with E-state index in [1.165, 1.54) is 6.92 Å². The summed E-state index contributed by atoms with van der Waals surface area (Å²) in [7, 11) is 0. The summed E-state index contributed by atoms with van der Waals surface area (Å²) in [5.74, 6) is -0.112. The normalized spacial score (nSPS) is 10.1. The van der Waals surface area contributed by atoms with Crippen molar-refractivity contribution in [1.29, 1.82) is 0 Å². The maximum atomic E-state index is 12.4. The lowest BCUT2D eigenvalue weighted by molar-refractivity contribution is -0.114. The van der Waals surface area contributed by atoms with E-state index in [0.717, 1.165) is 25.9 Å². The Kier molecular flexibility index (Phi) is 6.06. The molecule has 0 saturated carbocycles. The molecular formula is C15H22N2O2. The van der Waals surface area contributed by atoms with Crippen molar-refractivity contribution in [1.82, 2.24) is 4.90 Å². The number of benzene rings is 1. The highest BCUT2D eigenvalue weighted by atomic mass is 16.2. The molecule has 2 amide bonds. The van der Waals surface area contributed by atoms with Crippen LogP contribution in [-0.4, -0.2) is 29.8 Å². The number of carbonyl (C=O) groups excluding carboxylic acids is 2. The summed E-state index contributed by atoms with van der Waals surface area (Å²) in [6, 6.07) is 7.07. The lowest BCUT2D eigenvalue weighted by Crippen LogP contribution is -2.32. The van der Waals surface area contributed by atoms with Crippen molar-refractivity contribution in [3.63, 3.8) is 0 Å². The highest BCUT2D eigenvalue weighted by molar-refractivity contribution is 5.96. The predicted molar refractivity (Wildman–Crippen MR) is 77.2 cm³/mol. The van der Waals surface area contributed by atoms with Crippen LogP contribution in [0.3, 0.4) is 0 Å². The summed E-state index contributed by atoms with van der Waals surface area (Å²) in [6.07, 6.45) is 1.88. The van der Waals surface area contributed by atoms with Gasteiger partial charge in [-0.15, -0.1) is 0 Å². The molecule has 4 heteroatoms. The Morgan fingerprint density at radius 2 is 1.79 bits per heavy atom. The van der Waals surface area contributed by atoms with Crippen molar-refractivity contribution < 1.29 is 9.59 Å². The lowest BCUT2D eigenvalue weighted by Gasteiger charge is -2.21. The van der Waals surface area contributed by atoms with Gasteiger partial charge < -0.3 is 10.2 Å². The average molecular weight is 262 g/mol. The van der Waals surface area contributed by atoms with E-state index in [-0.39, 0.29) is 11.8 Å². The Bertz CT molecular complexity index is 438. The van der Waals surface area contributed by atoms with Gasteiger partial charge in [-0.1, -0.05) is 19.9 Å². The van der Waals surface area contributed by atoms with Crippen LogP contribution in [0.25, 0.3) is 0 Å². The topological polar surface area (TPSA) is 49.4 Å². The summed E-state index contributed by atoms with van der Waals surface area (Å²) >= 11 is 0. The molecule has 0 fully saturated rings. The van der Waals surface area contributed by atoms with Crippen LogP contribution in [0, 0.1) is 0 Å². The van der Waals surface area contributed by atoms with Crippen molar-refractivity contribution in [2.24, 2.45) is 0 Å². The van der Waals surface area contributed by atoms with Crippen molar-refractivity contribution in [3.8, 4) is 0 Å². The fourth-order valence-corrected chi connectivity index (χ4v) is 1.97. The standard InChI is InChI=1S/C15H22N2O2/c1-4-9-17(10-5-2)15(19)13-7-6-8-14(11-13)16-12(3)18/h6-8,11H,4-5,9-10H2,1-3H3,(H,16,18). The van der Waals surface area contributed by atoms with Crippen molar-refractivity contribution in [2.75, 3.05) is 18.4 Å². The largest absolute Gasteiger partial charge is 0.339 e. The van der Waals surface area contributed by atoms with Gasteiger partial charge in [-0.3, -0.25) is 9.59 Å². The van der Waals surface area contributed by atoms with E-state index in [9.17, 15) is 9.59 Å². The first-order chi connectivity index (χ1) is 9.08. The first-order valence-corrected chi connectivity index (χ1v) is 6.75. The van der Waals surface area contributed by atoms with Crippen LogP contribution in [0.1, 0.15) is 44.0 Å². The van der Waals surface area contributed by atoms with Gasteiger partial charge in [0.2, 0.25) is 5.91 Å². The Morgan fingerprint density at radius 1 is 1.16 bits per heavy atom. The minimum absolute atomic E-state index is 0.0240. The second-order valence-electron chi connectivity index (χ2n) is 4.55. The van der Waals surface area contributed by atoms with Gasteiger partial charge in [-0.05, 0) is 31.0 Å². The van der Waals surface area contributed by atoms with Crippen LogP contribution in [0.5, 0.6) is 0 Å². The zero-order chi connectivity index (χ0) is 14.3. The summed E-state index contributed by atoms with van der Waals surface area (Å²) < 4.78 is 0. The molecule has 1 aromatic rings. The van der Waals surface area contributed by atoms with Crippen LogP contribution in [0.15, 0.2) is 24.3 Å². The molecule has 19 heavy (non-hydrogen) atoms. The summed E-state index contributed by atoms with van der Waals surface area (Å²) in [4.78, 5) is 25.3. The molecule has 4 nitrogen and oxygen atoms in total. The molecule has 0 saturated heterocycles. The van der Waals surface area contributed by atoms with Crippen molar-refractivity contribution in [3.05, 3.63) is 29.8 Å². The maximum Gasteiger partial charge on any atom is 0.253 e. The van der Waals surface area contributed by atoms with Gasteiger partial charge in [0.05, 0.1) is 0 Å². The smallest absolute Gasteiger partial charge is 0.253 e. The Balaban J connectivity index is 2.87. The third-order valence-electron chi connectivity index (χ3n) is 2.70. The zero-order valence-corrected chi connectivity index (χ0v) is 11.9. The molecule has 0 aliphatic rings. The number of nitrogens with zero attached hydrogens (tertiary/aromatic N) is 1. The van der Waals surface area contributed by atoms with E-state index in [1.54, 1.807) is 24.3 Å². The quantitative estimate of drug-likeness (QED) is 0.857. The molecule has 104 valence electrons. The first kappa shape index (κ1) is 15.2. The van der Waals surface area contributed by atoms with E-state index in [0.29, 0.717) is 11.3 Å². The number of carbonyl (C=O) groups is 2. The molecule has 0 spiro atoms. The molecule has 0 aliphatic heterocycles. The fraction of sp³-hybridized carbons (Fsp3) is 0.467. The molecule has 0 aromatic heterocycles. The Morgan fingerprint density at radius 3 is 2.32 bits per heavy atom. The predicted octanol–water partition coefficient (Wildman–Crippen LogP) is 2.91. The van der Waals surface area contributed by atoms with Gasteiger partial charge in [0.15, 0.2) is 0 Å². The Hall–Kier alpha value is -1.84. The van der Waals surface area contributed by atoms with Gasteiger partial charge in [-0.25, -0.2) is 0 Å². The van der Waals surface area contributed by atoms with Crippen LogP contribution in [0.4, 0.5) is 5.69 Å².